The Morgan fingerprint density at radius 2 is 2.03 bits per heavy atom. The van der Waals surface area contributed by atoms with Crippen LogP contribution in [0.2, 0.25) is 5.02 Å². The van der Waals surface area contributed by atoms with Gasteiger partial charge in [0, 0.05) is 34.9 Å². The Labute approximate surface area is 193 Å². The molecule has 0 amide bonds. The lowest BCUT2D eigenvalue weighted by molar-refractivity contribution is 0.604. The van der Waals surface area contributed by atoms with Crippen LogP contribution in [0.3, 0.4) is 0 Å². The molecule has 2 aromatic carbocycles. The van der Waals surface area contributed by atoms with E-state index in [9.17, 15) is 9.18 Å². The van der Waals surface area contributed by atoms with E-state index in [1.165, 1.54) is 0 Å². The van der Waals surface area contributed by atoms with E-state index >= 15 is 0 Å². The highest BCUT2D eigenvalue weighted by Gasteiger charge is 2.14. The predicted molar refractivity (Wildman–Crippen MR) is 127 cm³/mol. The summed E-state index contributed by atoms with van der Waals surface area (Å²) >= 11 is 6.18. The van der Waals surface area contributed by atoms with E-state index < -0.39 is 5.69 Å². The molecule has 0 radical (unpaired) electrons. The number of H-pyrrole nitrogens is 1. The van der Waals surface area contributed by atoms with E-state index in [-0.39, 0.29) is 12.4 Å². The molecular formula is C24H20ClFN6O. The molecule has 0 saturated heterocycles. The molecule has 166 valence electrons. The fourth-order valence-corrected chi connectivity index (χ4v) is 4.08. The third-order valence-corrected chi connectivity index (χ3v) is 5.91. The molecule has 0 bridgehead atoms. The SMILES string of the molecule is Cc1cnc2cccc(Cn3cc4c(NCc5c(Cl)ccc(C)c5F)nc(=O)[nH]c4n3)c2c1. The lowest BCUT2D eigenvalue weighted by Crippen LogP contribution is -2.14. The first-order chi connectivity index (χ1) is 15.9. The fourth-order valence-electron chi connectivity index (χ4n) is 3.87. The smallest absolute Gasteiger partial charge is 0.348 e. The standard InChI is InChI=1S/C24H20ClFN6O/c1-13-8-16-15(4-3-5-20(16)27-9-13)11-32-12-18-22(29-24(33)30-23(18)31-32)28-10-17-19(25)7-6-14(2)21(17)26/h3-9,12H,10-11H2,1-2H3,(H2,28,29,30,31,33). The van der Waals surface area contributed by atoms with Gasteiger partial charge in [-0.05, 0) is 48.7 Å². The zero-order chi connectivity index (χ0) is 23.1. The molecule has 9 heteroatoms. The summed E-state index contributed by atoms with van der Waals surface area (Å²) in [7, 11) is 0. The molecule has 0 saturated carbocycles. The number of rotatable bonds is 5. The minimum absolute atomic E-state index is 0.0807. The molecule has 0 aliphatic rings. The van der Waals surface area contributed by atoms with E-state index in [0.29, 0.717) is 39.5 Å². The second-order valence-corrected chi connectivity index (χ2v) is 8.39. The molecule has 0 spiro atoms. The lowest BCUT2D eigenvalue weighted by Gasteiger charge is -2.10. The van der Waals surface area contributed by atoms with Gasteiger partial charge in [0.05, 0.1) is 17.4 Å². The summed E-state index contributed by atoms with van der Waals surface area (Å²) in [6.45, 7) is 4.24. The van der Waals surface area contributed by atoms with E-state index in [1.54, 1.807) is 29.9 Å². The minimum atomic E-state index is -0.545. The van der Waals surface area contributed by atoms with Crippen LogP contribution in [-0.2, 0) is 13.1 Å². The molecule has 3 aromatic heterocycles. The molecule has 0 unspecified atom stereocenters. The zero-order valence-corrected chi connectivity index (χ0v) is 18.7. The molecule has 3 heterocycles. The highest BCUT2D eigenvalue weighted by molar-refractivity contribution is 6.31. The fraction of sp³-hybridized carbons (Fsp3) is 0.167. The maximum absolute atomic E-state index is 14.5. The number of nitrogens with zero attached hydrogens (tertiary/aromatic N) is 4. The molecule has 5 aromatic rings. The molecule has 0 fully saturated rings. The topological polar surface area (TPSA) is 88.5 Å². The number of hydrogen-bond acceptors (Lipinski definition) is 5. The van der Waals surface area contributed by atoms with Crippen LogP contribution < -0.4 is 11.0 Å². The summed E-state index contributed by atoms with van der Waals surface area (Å²) in [5.41, 5.74) is 3.69. The summed E-state index contributed by atoms with van der Waals surface area (Å²) in [4.78, 5) is 23.3. The Bertz CT molecular complexity index is 1580. The Hall–Kier alpha value is -3.78. The molecule has 7 nitrogen and oxygen atoms in total. The van der Waals surface area contributed by atoms with Crippen LogP contribution in [0, 0.1) is 19.7 Å². The van der Waals surface area contributed by atoms with Crippen molar-refractivity contribution in [2.45, 2.75) is 26.9 Å². The molecule has 2 N–H and O–H groups in total. The quantitative estimate of drug-likeness (QED) is 0.394. The Morgan fingerprint density at radius 3 is 2.88 bits per heavy atom. The van der Waals surface area contributed by atoms with Crippen LogP contribution in [0.5, 0.6) is 0 Å². The summed E-state index contributed by atoms with van der Waals surface area (Å²) in [6.07, 6.45) is 3.64. The number of nitrogens with one attached hydrogen (secondary N) is 2. The number of anilines is 1. The van der Waals surface area contributed by atoms with Crippen molar-refractivity contribution >= 4 is 39.4 Å². The van der Waals surface area contributed by atoms with Gasteiger partial charge >= 0.3 is 5.69 Å². The Morgan fingerprint density at radius 1 is 1.18 bits per heavy atom. The number of hydrogen-bond donors (Lipinski definition) is 2. The van der Waals surface area contributed by atoms with Crippen molar-refractivity contribution in [3.63, 3.8) is 0 Å². The zero-order valence-electron chi connectivity index (χ0n) is 18.0. The molecule has 33 heavy (non-hydrogen) atoms. The molecule has 5 rings (SSSR count). The van der Waals surface area contributed by atoms with Gasteiger partial charge in [-0.2, -0.15) is 10.1 Å². The number of pyridine rings is 1. The van der Waals surface area contributed by atoms with Gasteiger partial charge in [0.2, 0.25) is 0 Å². The molecule has 0 aliphatic carbocycles. The van der Waals surface area contributed by atoms with Crippen molar-refractivity contribution in [1.82, 2.24) is 24.7 Å². The predicted octanol–water partition coefficient (Wildman–Crippen LogP) is 4.74. The van der Waals surface area contributed by atoms with Crippen LogP contribution in [0.15, 0.2) is 53.6 Å². The van der Waals surface area contributed by atoms with E-state index in [0.717, 1.165) is 22.0 Å². The van der Waals surface area contributed by atoms with Crippen LogP contribution in [0.25, 0.3) is 21.9 Å². The lowest BCUT2D eigenvalue weighted by atomic mass is 10.1. The first-order valence-electron chi connectivity index (χ1n) is 10.4. The van der Waals surface area contributed by atoms with Crippen LogP contribution in [-0.4, -0.2) is 24.7 Å². The maximum atomic E-state index is 14.5. The van der Waals surface area contributed by atoms with Crippen molar-refractivity contribution in [2.75, 3.05) is 5.32 Å². The number of aromatic amines is 1. The average molecular weight is 463 g/mol. The minimum Gasteiger partial charge on any atom is -0.365 e. The van der Waals surface area contributed by atoms with Crippen molar-refractivity contribution in [3.8, 4) is 0 Å². The van der Waals surface area contributed by atoms with Crippen LogP contribution in [0.4, 0.5) is 10.2 Å². The third kappa shape index (κ3) is 4.05. The van der Waals surface area contributed by atoms with Gasteiger partial charge in [-0.25, -0.2) is 9.18 Å². The number of aromatic nitrogens is 5. The number of fused-ring (bicyclic) bond motifs is 2. The highest BCUT2D eigenvalue weighted by Crippen LogP contribution is 2.25. The molecule has 0 atom stereocenters. The highest BCUT2D eigenvalue weighted by atomic mass is 35.5. The average Bonchev–Trinajstić information content (AvgIpc) is 3.19. The second-order valence-electron chi connectivity index (χ2n) is 7.99. The second kappa shape index (κ2) is 8.29. The molecule has 0 aliphatic heterocycles. The summed E-state index contributed by atoms with van der Waals surface area (Å²) in [5.74, 6) is -0.0703. The number of benzene rings is 2. The van der Waals surface area contributed by atoms with Crippen molar-refractivity contribution in [1.29, 1.82) is 0 Å². The van der Waals surface area contributed by atoms with Gasteiger partial charge in [-0.3, -0.25) is 14.6 Å². The first kappa shape index (κ1) is 21.1. The summed E-state index contributed by atoms with van der Waals surface area (Å²) < 4.78 is 16.3. The van der Waals surface area contributed by atoms with Crippen LogP contribution >= 0.6 is 11.6 Å². The van der Waals surface area contributed by atoms with Crippen LogP contribution in [0.1, 0.15) is 22.3 Å². The summed E-state index contributed by atoms with van der Waals surface area (Å²) in [6, 6.07) is 11.3. The molecular weight excluding hydrogens is 443 g/mol. The van der Waals surface area contributed by atoms with Crippen molar-refractivity contribution < 1.29 is 4.39 Å². The van der Waals surface area contributed by atoms with E-state index in [2.05, 4.69) is 31.4 Å². The van der Waals surface area contributed by atoms with E-state index in [4.69, 9.17) is 11.6 Å². The Balaban J connectivity index is 1.50. The van der Waals surface area contributed by atoms with Gasteiger partial charge in [0.1, 0.15) is 11.6 Å². The van der Waals surface area contributed by atoms with Crippen molar-refractivity contribution in [2.24, 2.45) is 0 Å². The van der Waals surface area contributed by atoms with Gasteiger partial charge in [-0.15, -0.1) is 0 Å². The van der Waals surface area contributed by atoms with E-state index in [1.807, 2.05) is 31.3 Å². The third-order valence-electron chi connectivity index (χ3n) is 5.55. The Kier molecular flexibility index (Phi) is 5.30. The number of aryl methyl sites for hydroxylation is 2. The van der Waals surface area contributed by atoms with Gasteiger partial charge in [0.25, 0.3) is 0 Å². The van der Waals surface area contributed by atoms with Gasteiger partial charge in [-0.1, -0.05) is 29.8 Å². The van der Waals surface area contributed by atoms with Crippen molar-refractivity contribution in [3.05, 3.63) is 92.4 Å². The van der Waals surface area contributed by atoms with Gasteiger partial charge < -0.3 is 5.32 Å². The number of halogens is 2. The normalized spacial score (nSPS) is 11.4. The van der Waals surface area contributed by atoms with Gasteiger partial charge in [0.15, 0.2) is 5.65 Å². The monoisotopic (exact) mass is 462 g/mol. The summed E-state index contributed by atoms with van der Waals surface area (Å²) in [5, 5.41) is 9.55. The largest absolute Gasteiger partial charge is 0.365 e. The maximum Gasteiger partial charge on any atom is 0.348 e. The first-order valence-corrected chi connectivity index (χ1v) is 10.8.